The van der Waals surface area contributed by atoms with Crippen LogP contribution in [-0.2, 0) is 30.2 Å². The maximum Gasteiger partial charge on any atom is 0.451 e. The van der Waals surface area contributed by atoms with E-state index in [0.29, 0.717) is 12.5 Å². The van der Waals surface area contributed by atoms with E-state index in [0.717, 1.165) is 16.7 Å². The molecule has 1 fully saturated rings. The van der Waals surface area contributed by atoms with Crippen molar-refractivity contribution in [1.29, 1.82) is 0 Å². The van der Waals surface area contributed by atoms with Gasteiger partial charge in [-0.25, -0.2) is 0 Å². The Morgan fingerprint density at radius 1 is 1.10 bits per heavy atom. The monoisotopic (exact) mass is 576 g/mol. The number of hydrogen-bond donors (Lipinski definition) is 0. The van der Waals surface area contributed by atoms with Crippen molar-refractivity contribution < 1.29 is 31.1 Å². The number of amides is 1. The summed E-state index contributed by atoms with van der Waals surface area (Å²) in [6.45, 7) is 5.83. The highest BCUT2D eigenvalue weighted by Crippen LogP contribution is 2.40. The van der Waals surface area contributed by atoms with Gasteiger partial charge in [-0.3, -0.25) is 4.79 Å². The first kappa shape index (κ1) is 28.6. The number of benzene rings is 1. The highest BCUT2D eigenvalue weighted by atomic mass is 35.5. The second-order valence-electron chi connectivity index (χ2n) is 9.39. The van der Waals surface area contributed by atoms with Gasteiger partial charge >= 0.3 is 12.4 Å². The van der Waals surface area contributed by atoms with Crippen LogP contribution < -0.4 is 0 Å². The van der Waals surface area contributed by atoms with Crippen molar-refractivity contribution in [3.8, 4) is 0 Å². The number of likely N-dealkylation sites (tertiary alicyclic amines) is 1. The van der Waals surface area contributed by atoms with Crippen LogP contribution in [0.2, 0.25) is 0 Å². The molecule has 1 aromatic carbocycles. The van der Waals surface area contributed by atoms with Gasteiger partial charge in [-0.2, -0.15) is 26.3 Å². The van der Waals surface area contributed by atoms with Gasteiger partial charge in [0.1, 0.15) is 5.69 Å². The maximum absolute atomic E-state index is 13.4. The van der Waals surface area contributed by atoms with Gasteiger partial charge in [-0.05, 0) is 41.8 Å². The van der Waals surface area contributed by atoms with E-state index in [9.17, 15) is 36.0 Å². The molecule has 1 saturated heterocycles. The molecule has 0 bridgehead atoms. The van der Waals surface area contributed by atoms with E-state index in [-0.39, 0.29) is 66.7 Å². The number of rotatable bonds is 5. The number of fused-ring (bicyclic) bond motifs is 1. The van der Waals surface area contributed by atoms with Gasteiger partial charge in [0.2, 0.25) is 11.7 Å². The smallest absolute Gasteiger partial charge is 0.369 e. The minimum Gasteiger partial charge on any atom is -0.369 e. The molecular formula is C24H23ClF6N6O2. The lowest BCUT2D eigenvalue weighted by atomic mass is 9.84. The van der Waals surface area contributed by atoms with Crippen LogP contribution in [0.25, 0.3) is 5.70 Å². The van der Waals surface area contributed by atoms with Crippen molar-refractivity contribution in [2.45, 2.75) is 38.8 Å². The van der Waals surface area contributed by atoms with Crippen LogP contribution >= 0.6 is 11.6 Å². The summed E-state index contributed by atoms with van der Waals surface area (Å²) in [5.41, 5.74) is -1.12. The molecule has 2 atom stereocenters. The van der Waals surface area contributed by atoms with E-state index in [1.165, 1.54) is 11.0 Å². The Kier molecular flexibility index (Phi) is 7.79. The fourth-order valence-corrected chi connectivity index (χ4v) is 5.26. The third-order valence-corrected chi connectivity index (χ3v) is 7.27. The molecule has 0 unspecified atom stereocenters. The van der Waals surface area contributed by atoms with Gasteiger partial charge in [-0.15, -0.1) is 15.1 Å². The Labute approximate surface area is 223 Å². The Morgan fingerprint density at radius 3 is 2.41 bits per heavy atom. The van der Waals surface area contributed by atoms with Gasteiger partial charge in [0.15, 0.2) is 5.82 Å². The fourth-order valence-electron chi connectivity index (χ4n) is 5.04. The van der Waals surface area contributed by atoms with E-state index in [4.69, 9.17) is 11.6 Å². The number of carbonyl (C=O) groups is 1. The van der Waals surface area contributed by atoms with Crippen LogP contribution in [0.3, 0.4) is 0 Å². The predicted octanol–water partition coefficient (Wildman–Crippen LogP) is 5.81. The summed E-state index contributed by atoms with van der Waals surface area (Å²) in [4.78, 5) is 28.1. The van der Waals surface area contributed by atoms with Gasteiger partial charge in [0, 0.05) is 37.7 Å². The molecule has 2 aromatic rings. The molecule has 210 valence electrons. The first-order chi connectivity index (χ1) is 18.3. The Hall–Kier alpha value is -3.42. The second-order valence-corrected chi connectivity index (χ2v) is 9.80. The number of allylic oxidation sites excluding steroid dienone is 2. The molecule has 0 saturated carbocycles. The Bertz CT molecular complexity index is 1320. The average molecular weight is 577 g/mol. The molecule has 0 spiro atoms. The summed E-state index contributed by atoms with van der Waals surface area (Å²) in [6, 6.07) is 2.60. The average Bonchev–Trinajstić information content (AvgIpc) is 3.32. The SMILES string of the molecule is C=C/C(Cl)=C(\c1ccc(C(F)(F)F)cc1N=O)N1CC[C@H](C(=O)N2CCn3c(nnc3C(F)(F)F)C2)[C@H](C)C1. The van der Waals surface area contributed by atoms with Crippen LogP contribution in [0.4, 0.5) is 32.0 Å². The zero-order valence-corrected chi connectivity index (χ0v) is 21.3. The minimum atomic E-state index is -4.67. The van der Waals surface area contributed by atoms with Crippen molar-refractivity contribution in [3.05, 3.63) is 63.6 Å². The van der Waals surface area contributed by atoms with E-state index < -0.39 is 35.3 Å². The van der Waals surface area contributed by atoms with Crippen LogP contribution in [0.15, 0.2) is 41.1 Å². The molecule has 1 aromatic heterocycles. The second kappa shape index (κ2) is 10.6. The fraction of sp³-hybridized carbons (Fsp3) is 0.458. The molecule has 15 heteroatoms. The number of nitroso groups, excluding NO2 is 1. The largest absolute Gasteiger partial charge is 0.451 e. The molecule has 2 aliphatic rings. The van der Waals surface area contributed by atoms with E-state index >= 15 is 0 Å². The molecule has 0 aliphatic carbocycles. The molecule has 4 rings (SSSR count). The lowest BCUT2D eigenvalue weighted by Crippen LogP contribution is -2.48. The predicted molar refractivity (Wildman–Crippen MR) is 129 cm³/mol. The van der Waals surface area contributed by atoms with Gasteiger partial charge < -0.3 is 14.4 Å². The topological polar surface area (TPSA) is 83.7 Å². The third-order valence-electron chi connectivity index (χ3n) is 6.94. The standard InChI is InChI=1S/C24H23ClF6N6O2/c1-3-17(25)20(16-5-4-14(23(26,27)28)10-18(16)34-39)35-7-6-15(13(2)11-35)21(38)36-8-9-37-19(12-36)32-33-22(37)24(29,30)31/h3-5,10,13,15H,1,6-9,11-12H2,2H3/b20-17-/t13-,15+/m1/s1. The number of alkyl halides is 6. The number of hydrogen-bond acceptors (Lipinski definition) is 6. The molecule has 8 nitrogen and oxygen atoms in total. The zero-order chi connectivity index (χ0) is 28.7. The van der Waals surface area contributed by atoms with E-state index in [1.54, 1.807) is 4.90 Å². The summed E-state index contributed by atoms with van der Waals surface area (Å²) in [5.74, 6) is -2.04. The molecular weight excluding hydrogens is 554 g/mol. The third kappa shape index (κ3) is 5.65. The van der Waals surface area contributed by atoms with E-state index in [1.807, 2.05) is 6.92 Å². The first-order valence-electron chi connectivity index (χ1n) is 11.9. The lowest BCUT2D eigenvalue weighted by Gasteiger charge is -2.41. The first-order valence-corrected chi connectivity index (χ1v) is 12.2. The molecule has 2 aliphatic heterocycles. The van der Waals surface area contributed by atoms with Gasteiger partial charge in [0.05, 0.1) is 22.8 Å². The van der Waals surface area contributed by atoms with Crippen molar-refractivity contribution in [3.63, 3.8) is 0 Å². The normalized spacial score (nSPS) is 20.8. The number of nitrogens with zero attached hydrogens (tertiary/aromatic N) is 6. The van der Waals surface area contributed by atoms with Crippen LogP contribution in [0, 0.1) is 16.7 Å². The number of piperidine rings is 1. The summed E-state index contributed by atoms with van der Waals surface area (Å²) in [7, 11) is 0. The lowest BCUT2D eigenvalue weighted by molar-refractivity contribution is -0.148. The summed E-state index contributed by atoms with van der Waals surface area (Å²) in [5, 5.41) is 9.72. The summed E-state index contributed by atoms with van der Waals surface area (Å²) < 4.78 is 79.9. The van der Waals surface area contributed by atoms with Gasteiger partial charge in [-0.1, -0.05) is 25.1 Å². The van der Waals surface area contributed by atoms with Crippen molar-refractivity contribution in [2.75, 3.05) is 19.6 Å². The molecule has 0 radical (unpaired) electrons. The molecule has 39 heavy (non-hydrogen) atoms. The number of aromatic nitrogens is 3. The van der Waals surface area contributed by atoms with Crippen molar-refractivity contribution in [1.82, 2.24) is 24.6 Å². The quantitative estimate of drug-likeness (QED) is 0.255. The summed E-state index contributed by atoms with van der Waals surface area (Å²) in [6.07, 6.45) is -7.70. The molecule has 3 heterocycles. The highest BCUT2D eigenvalue weighted by Gasteiger charge is 2.42. The van der Waals surface area contributed by atoms with Crippen molar-refractivity contribution >= 4 is 28.9 Å². The number of halogens is 7. The van der Waals surface area contributed by atoms with E-state index in [2.05, 4.69) is 22.0 Å². The van der Waals surface area contributed by atoms with Crippen LogP contribution in [-0.4, -0.2) is 50.1 Å². The zero-order valence-electron chi connectivity index (χ0n) is 20.6. The molecule has 1 amide bonds. The Balaban J connectivity index is 1.53. The highest BCUT2D eigenvalue weighted by molar-refractivity contribution is 6.34. The maximum atomic E-state index is 13.4. The van der Waals surface area contributed by atoms with Crippen molar-refractivity contribution in [2.24, 2.45) is 17.0 Å². The van der Waals surface area contributed by atoms with Crippen LogP contribution in [0.1, 0.15) is 36.1 Å². The Morgan fingerprint density at radius 2 is 1.82 bits per heavy atom. The summed E-state index contributed by atoms with van der Waals surface area (Å²) >= 11 is 6.39. The van der Waals surface area contributed by atoms with Crippen LogP contribution in [0.5, 0.6) is 0 Å². The van der Waals surface area contributed by atoms with Gasteiger partial charge in [0.25, 0.3) is 0 Å². The minimum absolute atomic E-state index is 0.0474. The molecule has 0 N–H and O–H groups in total. The number of carbonyl (C=O) groups excluding carboxylic acids is 1.